The molecule has 3 atom stereocenters. The van der Waals surface area contributed by atoms with Crippen molar-refractivity contribution in [3.05, 3.63) is 48.7 Å². The van der Waals surface area contributed by atoms with Crippen LogP contribution in [0.3, 0.4) is 0 Å². The molecule has 0 saturated carbocycles. The zero-order valence-corrected chi connectivity index (χ0v) is 10.4. The minimum Gasteiger partial charge on any atom is -0.371 e. The molecule has 1 nitrogen and oxygen atoms in total. The fourth-order valence-corrected chi connectivity index (χ4v) is 3.63. The molecule has 0 aromatic heterocycles. The van der Waals surface area contributed by atoms with Gasteiger partial charge in [-0.15, -0.1) is 6.58 Å². The average Bonchev–Trinajstić information content (AvgIpc) is 2.39. The molecular formula is C16H21N. The van der Waals surface area contributed by atoms with E-state index < -0.39 is 0 Å². The van der Waals surface area contributed by atoms with Crippen molar-refractivity contribution < 1.29 is 0 Å². The van der Waals surface area contributed by atoms with E-state index in [0.717, 1.165) is 24.3 Å². The minimum atomic E-state index is 0.743. The van der Waals surface area contributed by atoms with Crippen LogP contribution < -0.4 is 0 Å². The Labute approximate surface area is 104 Å². The summed E-state index contributed by atoms with van der Waals surface area (Å²) in [5, 5.41) is 0. The van der Waals surface area contributed by atoms with Crippen molar-refractivity contribution in [2.24, 2.45) is 17.8 Å². The lowest BCUT2D eigenvalue weighted by Crippen LogP contribution is -2.40. The Morgan fingerprint density at radius 1 is 1.35 bits per heavy atom. The lowest BCUT2D eigenvalue weighted by molar-refractivity contribution is 0.189. The lowest BCUT2D eigenvalue weighted by Gasteiger charge is -2.45. The van der Waals surface area contributed by atoms with E-state index in [1.54, 1.807) is 5.70 Å². The third-order valence-electron chi connectivity index (χ3n) is 4.40. The molecule has 0 N–H and O–H groups in total. The van der Waals surface area contributed by atoms with Gasteiger partial charge in [0.15, 0.2) is 0 Å². The van der Waals surface area contributed by atoms with Crippen LogP contribution in [-0.2, 0) is 0 Å². The van der Waals surface area contributed by atoms with Gasteiger partial charge in [-0.05, 0) is 31.1 Å². The Bertz CT molecular complexity index is 388. The Kier molecular flexibility index (Phi) is 2.92. The predicted octanol–water partition coefficient (Wildman–Crippen LogP) is 3.53. The Hall–Kier alpha value is -1.24. The third kappa shape index (κ3) is 1.88. The second kappa shape index (κ2) is 4.56. The molecule has 0 bridgehead atoms. The van der Waals surface area contributed by atoms with E-state index in [-0.39, 0.29) is 0 Å². The molecule has 0 amide bonds. The van der Waals surface area contributed by atoms with Gasteiger partial charge >= 0.3 is 0 Å². The van der Waals surface area contributed by atoms with Gasteiger partial charge in [0, 0.05) is 24.7 Å². The van der Waals surface area contributed by atoms with Crippen molar-refractivity contribution in [3.63, 3.8) is 0 Å². The first-order valence-corrected chi connectivity index (χ1v) is 6.81. The van der Waals surface area contributed by atoms with Gasteiger partial charge in [-0.25, -0.2) is 0 Å². The van der Waals surface area contributed by atoms with Crippen LogP contribution in [0.5, 0.6) is 0 Å². The largest absolute Gasteiger partial charge is 0.371 e. The van der Waals surface area contributed by atoms with Crippen LogP contribution in [0.25, 0.3) is 0 Å². The Balaban J connectivity index is 1.87. The molecule has 90 valence electrons. The van der Waals surface area contributed by atoms with Gasteiger partial charge in [-0.3, -0.25) is 0 Å². The number of fused-ring (bicyclic) bond motifs is 3. The van der Waals surface area contributed by atoms with Gasteiger partial charge in [-0.2, -0.15) is 0 Å². The monoisotopic (exact) mass is 227 g/mol. The number of nitrogens with zero attached hydrogens (tertiary/aromatic N) is 1. The summed E-state index contributed by atoms with van der Waals surface area (Å²) in [6.45, 7) is 6.11. The van der Waals surface area contributed by atoms with Crippen molar-refractivity contribution in [1.82, 2.24) is 4.90 Å². The first-order valence-electron chi connectivity index (χ1n) is 6.81. The van der Waals surface area contributed by atoms with Crippen molar-refractivity contribution in [2.75, 3.05) is 13.1 Å². The standard InChI is InChI=1S/C16H21N/c1-2-11-17-12-5-8-15-14-7-4-3-6-13(14)9-10-16(15)17/h2-4,6-7,10,13-15H,1,5,8-9,11-12H2. The summed E-state index contributed by atoms with van der Waals surface area (Å²) in [6, 6.07) is 0. The van der Waals surface area contributed by atoms with E-state index in [1.165, 1.54) is 25.8 Å². The van der Waals surface area contributed by atoms with Crippen LogP contribution in [0.4, 0.5) is 0 Å². The van der Waals surface area contributed by atoms with E-state index in [9.17, 15) is 0 Å². The molecule has 0 spiro atoms. The topological polar surface area (TPSA) is 3.24 Å². The number of piperidine rings is 1. The number of rotatable bonds is 2. The van der Waals surface area contributed by atoms with Crippen LogP contribution in [0.15, 0.2) is 48.7 Å². The van der Waals surface area contributed by atoms with Gasteiger partial charge in [0.05, 0.1) is 0 Å². The third-order valence-corrected chi connectivity index (χ3v) is 4.40. The Morgan fingerprint density at radius 3 is 3.12 bits per heavy atom. The highest BCUT2D eigenvalue weighted by Gasteiger charge is 2.36. The molecule has 0 aromatic rings. The second-order valence-corrected chi connectivity index (χ2v) is 5.36. The highest BCUT2D eigenvalue weighted by Crippen LogP contribution is 2.43. The molecule has 1 aliphatic heterocycles. The maximum absolute atomic E-state index is 3.88. The van der Waals surface area contributed by atoms with Crippen LogP contribution in [0.2, 0.25) is 0 Å². The van der Waals surface area contributed by atoms with Gasteiger partial charge < -0.3 is 4.90 Å². The van der Waals surface area contributed by atoms with E-state index in [4.69, 9.17) is 0 Å². The minimum absolute atomic E-state index is 0.743. The van der Waals surface area contributed by atoms with Crippen LogP contribution in [-0.4, -0.2) is 18.0 Å². The fraction of sp³-hybridized carbons (Fsp3) is 0.500. The van der Waals surface area contributed by atoms with Gasteiger partial charge in [0.1, 0.15) is 0 Å². The van der Waals surface area contributed by atoms with Crippen LogP contribution >= 0.6 is 0 Å². The first-order chi connectivity index (χ1) is 8.40. The SMILES string of the molecule is C=CCN1CCCC2C1=CCC1C=CC=CC12. The lowest BCUT2D eigenvalue weighted by atomic mass is 9.69. The molecule has 17 heavy (non-hydrogen) atoms. The smallest absolute Gasteiger partial charge is 0.0353 e. The zero-order valence-electron chi connectivity index (χ0n) is 10.4. The van der Waals surface area contributed by atoms with Crippen molar-refractivity contribution in [2.45, 2.75) is 19.3 Å². The summed E-state index contributed by atoms with van der Waals surface area (Å²) >= 11 is 0. The van der Waals surface area contributed by atoms with E-state index in [1.807, 2.05) is 6.08 Å². The zero-order chi connectivity index (χ0) is 11.7. The number of hydrogen-bond donors (Lipinski definition) is 0. The van der Waals surface area contributed by atoms with E-state index in [0.29, 0.717) is 0 Å². The molecule has 3 aliphatic rings. The first kappa shape index (κ1) is 10.9. The summed E-state index contributed by atoms with van der Waals surface area (Å²) in [6.07, 6.45) is 17.7. The fourth-order valence-electron chi connectivity index (χ4n) is 3.63. The average molecular weight is 227 g/mol. The van der Waals surface area contributed by atoms with E-state index in [2.05, 4.69) is 41.9 Å². The molecular weight excluding hydrogens is 206 g/mol. The molecule has 1 heteroatoms. The summed E-state index contributed by atoms with van der Waals surface area (Å²) in [5.41, 5.74) is 1.59. The highest BCUT2D eigenvalue weighted by atomic mass is 15.1. The molecule has 2 aliphatic carbocycles. The molecule has 1 saturated heterocycles. The second-order valence-electron chi connectivity index (χ2n) is 5.36. The number of allylic oxidation sites excluding steroid dienone is 6. The molecule has 3 rings (SSSR count). The summed E-state index contributed by atoms with van der Waals surface area (Å²) in [7, 11) is 0. The van der Waals surface area contributed by atoms with Crippen LogP contribution in [0, 0.1) is 17.8 Å². The molecule has 1 heterocycles. The summed E-state index contributed by atoms with van der Waals surface area (Å²) in [5.74, 6) is 2.24. The Morgan fingerprint density at radius 2 is 2.24 bits per heavy atom. The van der Waals surface area contributed by atoms with Crippen molar-refractivity contribution >= 4 is 0 Å². The molecule has 1 fully saturated rings. The van der Waals surface area contributed by atoms with Crippen molar-refractivity contribution in [3.8, 4) is 0 Å². The quantitative estimate of drug-likeness (QED) is 0.652. The van der Waals surface area contributed by atoms with Crippen LogP contribution in [0.1, 0.15) is 19.3 Å². The predicted molar refractivity (Wildman–Crippen MR) is 72.5 cm³/mol. The highest BCUT2D eigenvalue weighted by molar-refractivity contribution is 5.25. The maximum Gasteiger partial charge on any atom is 0.0353 e. The molecule has 0 radical (unpaired) electrons. The number of likely N-dealkylation sites (tertiary alicyclic amines) is 1. The van der Waals surface area contributed by atoms with Gasteiger partial charge in [-0.1, -0.05) is 36.5 Å². The van der Waals surface area contributed by atoms with Gasteiger partial charge in [0.2, 0.25) is 0 Å². The van der Waals surface area contributed by atoms with Gasteiger partial charge in [0.25, 0.3) is 0 Å². The summed E-state index contributed by atoms with van der Waals surface area (Å²) in [4.78, 5) is 2.53. The number of hydrogen-bond acceptors (Lipinski definition) is 1. The normalized spacial score (nSPS) is 34.9. The van der Waals surface area contributed by atoms with Crippen molar-refractivity contribution in [1.29, 1.82) is 0 Å². The van der Waals surface area contributed by atoms with E-state index >= 15 is 0 Å². The molecule has 3 unspecified atom stereocenters. The summed E-state index contributed by atoms with van der Waals surface area (Å²) < 4.78 is 0. The maximum atomic E-state index is 3.88. The molecule has 0 aromatic carbocycles.